The Hall–Kier alpha value is -0.622. The molecule has 1 rings (SSSR count). The fourth-order valence-electron chi connectivity index (χ4n) is 0.738. The number of aryl methyl sites for hydroxylation is 1. The summed E-state index contributed by atoms with van der Waals surface area (Å²) in [5.74, 6) is -0.283. The molecule has 1 aromatic rings. The van der Waals surface area contributed by atoms with Crippen molar-refractivity contribution in [3.8, 4) is 0 Å². The summed E-state index contributed by atoms with van der Waals surface area (Å²) in [5.41, 5.74) is 1.74. The molecule has 0 aliphatic heterocycles. The molecule has 0 atom stereocenters. The van der Waals surface area contributed by atoms with Crippen molar-refractivity contribution in [1.82, 2.24) is 0 Å². The maximum absolute atomic E-state index is 10.9. The van der Waals surface area contributed by atoms with Gasteiger partial charge in [-0.15, -0.1) is 0 Å². The van der Waals surface area contributed by atoms with Crippen LogP contribution in [0.25, 0.3) is 0 Å². The number of benzene rings is 1. The van der Waals surface area contributed by atoms with Crippen molar-refractivity contribution in [3.05, 3.63) is 35.4 Å². The van der Waals surface area contributed by atoms with E-state index < -0.39 is 0 Å². The van der Waals surface area contributed by atoms with Crippen LogP contribution in [0.1, 0.15) is 15.9 Å². The molecule has 0 spiro atoms. The Labute approximate surface area is 76.9 Å². The SMILES string of the molecule is Cc1ccc(C(=O)[O][Mo])cc1. The Morgan fingerprint density at radius 3 is 2.36 bits per heavy atom. The molecule has 0 bridgehead atoms. The van der Waals surface area contributed by atoms with Gasteiger partial charge in [0.05, 0.1) is 0 Å². The van der Waals surface area contributed by atoms with Crippen LogP contribution < -0.4 is 0 Å². The quantitative estimate of drug-likeness (QED) is 0.686. The zero-order valence-electron chi connectivity index (χ0n) is 6.03. The van der Waals surface area contributed by atoms with Crippen molar-refractivity contribution >= 4 is 5.97 Å². The molecule has 0 heterocycles. The third kappa shape index (κ3) is 2.16. The van der Waals surface area contributed by atoms with Gasteiger partial charge in [-0.2, -0.15) is 0 Å². The summed E-state index contributed by atoms with van der Waals surface area (Å²) in [6.07, 6.45) is 0. The Kier molecular flexibility index (Phi) is 2.83. The van der Waals surface area contributed by atoms with Crippen molar-refractivity contribution in [2.24, 2.45) is 0 Å². The van der Waals surface area contributed by atoms with E-state index in [4.69, 9.17) is 0 Å². The molecule has 2 nitrogen and oxygen atoms in total. The van der Waals surface area contributed by atoms with Gasteiger partial charge in [0.2, 0.25) is 0 Å². The van der Waals surface area contributed by atoms with Gasteiger partial charge in [-0.05, 0) is 0 Å². The molecule has 0 aliphatic carbocycles. The molecule has 0 radical (unpaired) electrons. The third-order valence-electron chi connectivity index (χ3n) is 1.36. The molecule has 0 fully saturated rings. The van der Waals surface area contributed by atoms with Crippen molar-refractivity contribution < 1.29 is 28.4 Å². The average molecular weight is 231 g/mol. The molecule has 1 aromatic carbocycles. The second-order valence-corrected chi connectivity index (χ2v) is 2.65. The zero-order chi connectivity index (χ0) is 8.27. The van der Waals surface area contributed by atoms with Crippen LogP contribution in [0.4, 0.5) is 0 Å². The molecular weight excluding hydrogens is 224 g/mol. The first-order chi connectivity index (χ1) is 5.24. The van der Waals surface area contributed by atoms with Gasteiger partial charge >= 0.3 is 76.7 Å². The Morgan fingerprint density at radius 2 is 1.91 bits per heavy atom. The standard InChI is InChI=1S/C8H8O2.Mo/c1-6-2-4-7(5-3-6)8(9)10;/h2-5H,1H3,(H,9,10);/q;+1/p-1. The minimum absolute atomic E-state index is 0.283. The van der Waals surface area contributed by atoms with Crippen molar-refractivity contribution in [2.75, 3.05) is 0 Å². The van der Waals surface area contributed by atoms with Crippen LogP contribution in [0.15, 0.2) is 24.3 Å². The molecule has 0 saturated carbocycles. The average Bonchev–Trinajstić information content (AvgIpc) is 2.05. The number of carbonyl (C=O) groups is 1. The van der Waals surface area contributed by atoms with E-state index in [2.05, 4.69) is 3.39 Å². The Morgan fingerprint density at radius 1 is 1.36 bits per heavy atom. The van der Waals surface area contributed by atoms with Crippen LogP contribution in [-0.2, 0) is 23.6 Å². The molecule has 0 aromatic heterocycles. The topological polar surface area (TPSA) is 26.3 Å². The van der Waals surface area contributed by atoms with Crippen molar-refractivity contribution in [2.45, 2.75) is 6.92 Å². The fraction of sp³-hybridized carbons (Fsp3) is 0.125. The molecule has 0 saturated heterocycles. The molecule has 0 aliphatic rings. The number of rotatable bonds is 1. The first-order valence-electron chi connectivity index (χ1n) is 3.15. The van der Waals surface area contributed by atoms with Gasteiger partial charge < -0.3 is 0 Å². The molecule has 3 heteroatoms. The first kappa shape index (κ1) is 8.47. The zero-order valence-corrected chi connectivity index (χ0v) is 8.04. The van der Waals surface area contributed by atoms with Crippen molar-refractivity contribution in [3.63, 3.8) is 0 Å². The Balaban J connectivity index is 2.90. The van der Waals surface area contributed by atoms with Crippen LogP contribution >= 0.6 is 0 Å². The molecular formula is C8H7MoO2. The summed E-state index contributed by atoms with van der Waals surface area (Å²) in [6, 6.07) is 7.27. The van der Waals surface area contributed by atoms with E-state index in [-0.39, 0.29) is 5.97 Å². The predicted octanol–water partition coefficient (Wildman–Crippen LogP) is 1.61. The van der Waals surface area contributed by atoms with E-state index in [1.54, 1.807) is 12.1 Å². The van der Waals surface area contributed by atoms with Crippen LogP contribution in [0, 0.1) is 6.92 Å². The van der Waals surface area contributed by atoms with Crippen molar-refractivity contribution in [1.29, 1.82) is 0 Å². The van der Waals surface area contributed by atoms with Gasteiger partial charge in [-0.25, -0.2) is 0 Å². The first-order valence-corrected chi connectivity index (χ1v) is 3.97. The number of carbonyl (C=O) groups excluding carboxylic acids is 1. The van der Waals surface area contributed by atoms with E-state index >= 15 is 0 Å². The second kappa shape index (κ2) is 3.68. The van der Waals surface area contributed by atoms with Gasteiger partial charge in [0.25, 0.3) is 0 Å². The summed E-state index contributed by atoms with van der Waals surface area (Å²) in [6.45, 7) is 1.97. The normalized spacial score (nSPS) is 9.18. The van der Waals surface area contributed by atoms with E-state index in [1.807, 2.05) is 19.1 Å². The molecule has 0 amide bonds. The molecule has 57 valence electrons. The van der Waals surface area contributed by atoms with Gasteiger partial charge in [-0.1, -0.05) is 0 Å². The van der Waals surface area contributed by atoms with Crippen LogP contribution in [0.2, 0.25) is 0 Å². The summed E-state index contributed by atoms with van der Waals surface area (Å²) in [4.78, 5) is 10.9. The minimum atomic E-state index is -0.283. The van der Waals surface area contributed by atoms with Gasteiger partial charge in [-0.3, -0.25) is 0 Å². The fourth-order valence-corrected chi connectivity index (χ4v) is 0.974. The van der Waals surface area contributed by atoms with E-state index in [0.717, 1.165) is 5.56 Å². The summed E-state index contributed by atoms with van der Waals surface area (Å²) in [7, 11) is 0. The third-order valence-corrected chi connectivity index (χ3v) is 1.74. The molecule has 0 N–H and O–H groups in total. The number of hydrogen-bond acceptors (Lipinski definition) is 2. The molecule has 11 heavy (non-hydrogen) atoms. The van der Waals surface area contributed by atoms with Gasteiger partial charge in [0, 0.05) is 0 Å². The Bertz CT molecular complexity index is 253. The second-order valence-electron chi connectivity index (χ2n) is 2.24. The summed E-state index contributed by atoms with van der Waals surface area (Å²) in [5, 5.41) is 0. The van der Waals surface area contributed by atoms with Gasteiger partial charge in [0.1, 0.15) is 0 Å². The van der Waals surface area contributed by atoms with E-state index in [9.17, 15) is 4.79 Å². The van der Waals surface area contributed by atoms with E-state index in [0.29, 0.717) is 5.56 Å². The summed E-state index contributed by atoms with van der Waals surface area (Å²) >= 11 is 1.31. The number of hydrogen-bond donors (Lipinski definition) is 0. The monoisotopic (exact) mass is 233 g/mol. The van der Waals surface area contributed by atoms with Crippen LogP contribution in [-0.4, -0.2) is 5.97 Å². The summed E-state index contributed by atoms with van der Waals surface area (Å²) < 4.78 is 4.55. The predicted molar refractivity (Wildman–Crippen MR) is 36.6 cm³/mol. The van der Waals surface area contributed by atoms with Gasteiger partial charge in [0.15, 0.2) is 0 Å². The van der Waals surface area contributed by atoms with E-state index in [1.165, 1.54) is 20.2 Å². The maximum atomic E-state index is 10.9. The molecule has 0 unspecified atom stereocenters. The van der Waals surface area contributed by atoms with Crippen LogP contribution in [0.3, 0.4) is 0 Å². The van der Waals surface area contributed by atoms with Crippen LogP contribution in [0.5, 0.6) is 0 Å².